The van der Waals surface area contributed by atoms with Crippen LogP contribution in [0.25, 0.3) is 11.1 Å². The van der Waals surface area contributed by atoms with Crippen molar-refractivity contribution >= 4 is 23.2 Å². The number of carbonyl (C=O) groups is 1. The summed E-state index contributed by atoms with van der Waals surface area (Å²) in [5.74, 6) is 0.392. The molecule has 4 nitrogen and oxygen atoms in total. The van der Waals surface area contributed by atoms with Gasteiger partial charge in [0.25, 0.3) is 0 Å². The van der Waals surface area contributed by atoms with E-state index < -0.39 is 0 Å². The number of benzene rings is 1. The smallest absolute Gasteiger partial charge is 0.234 e. The molecule has 0 saturated heterocycles. The number of carbonyl (C=O) groups excluding carboxylic acids is 1. The minimum absolute atomic E-state index is 0.0692. The van der Waals surface area contributed by atoms with Gasteiger partial charge in [-0.2, -0.15) is 0 Å². The van der Waals surface area contributed by atoms with Gasteiger partial charge >= 0.3 is 0 Å². The molecule has 2 N–H and O–H groups in total. The van der Waals surface area contributed by atoms with Crippen molar-refractivity contribution in [1.82, 2.24) is 4.90 Å². The van der Waals surface area contributed by atoms with E-state index in [4.69, 9.17) is 5.73 Å². The second-order valence-corrected chi connectivity index (χ2v) is 8.19. The van der Waals surface area contributed by atoms with Crippen molar-refractivity contribution in [1.29, 1.82) is 0 Å². The maximum Gasteiger partial charge on any atom is 0.234 e. The molecule has 1 fully saturated rings. The molecule has 6 heteroatoms. The molecule has 2 aromatic rings. The molecule has 136 valence electrons. The van der Waals surface area contributed by atoms with Gasteiger partial charge in [0.15, 0.2) is 5.96 Å². The van der Waals surface area contributed by atoms with Gasteiger partial charge in [-0.3, -0.25) is 9.69 Å². The molecule has 2 aliphatic rings. The van der Waals surface area contributed by atoms with Crippen LogP contribution in [0.5, 0.6) is 0 Å². The Morgan fingerprint density at radius 1 is 1.27 bits per heavy atom. The molecule has 1 saturated carbocycles. The minimum atomic E-state index is -0.218. The predicted molar refractivity (Wildman–Crippen MR) is 102 cm³/mol. The van der Waals surface area contributed by atoms with Crippen LogP contribution in [0.1, 0.15) is 35.7 Å². The molecule has 0 unspecified atom stereocenters. The van der Waals surface area contributed by atoms with Crippen molar-refractivity contribution in [2.24, 2.45) is 22.6 Å². The molecule has 4 rings (SSSR count). The Bertz CT molecular complexity index is 887. The zero-order valence-corrected chi connectivity index (χ0v) is 15.7. The van der Waals surface area contributed by atoms with Crippen LogP contribution >= 0.6 is 11.3 Å². The number of hydrogen-bond donors (Lipinski definition) is 1. The molecule has 0 radical (unpaired) electrons. The van der Waals surface area contributed by atoms with Crippen LogP contribution in [0.15, 0.2) is 34.6 Å². The van der Waals surface area contributed by atoms with Crippen LogP contribution in [0, 0.1) is 24.6 Å². The topological polar surface area (TPSA) is 58.7 Å². The number of halogens is 1. The van der Waals surface area contributed by atoms with Crippen LogP contribution < -0.4 is 5.73 Å². The van der Waals surface area contributed by atoms with E-state index in [9.17, 15) is 9.18 Å². The average molecular weight is 371 g/mol. The van der Waals surface area contributed by atoms with Gasteiger partial charge < -0.3 is 5.73 Å². The highest BCUT2D eigenvalue weighted by molar-refractivity contribution is 7.10. The first kappa shape index (κ1) is 17.2. The number of guanidine groups is 1. The molecule has 0 bridgehead atoms. The number of nitrogens with zero attached hydrogens (tertiary/aromatic N) is 2. The van der Waals surface area contributed by atoms with Crippen molar-refractivity contribution in [3.8, 4) is 11.1 Å². The lowest BCUT2D eigenvalue weighted by atomic mass is 9.71. The monoisotopic (exact) mass is 371 g/mol. The first-order valence-corrected chi connectivity index (χ1v) is 9.79. The Kier molecular flexibility index (Phi) is 4.31. The fraction of sp³-hybridized carbons (Fsp3) is 0.400. The summed E-state index contributed by atoms with van der Waals surface area (Å²) in [6.45, 7) is 1.76. The van der Waals surface area contributed by atoms with Gasteiger partial charge in [-0.25, -0.2) is 9.38 Å². The van der Waals surface area contributed by atoms with E-state index in [1.54, 1.807) is 31.4 Å². The highest BCUT2D eigenvalue weighted by Gasteiger charge is 2.44. The molecule has 2 atom stereocenters. The average Bonchev–Trinajstić information content (AvgIpc) is 3.06. The zero-order valence-electron chi connectivity index (χ0n) is 14.9. The van der Waals surface area contributed by atoms with Gasteiger partial charge in [0, 0.05) is 11.9 Å². The number of thiophene rings is 1. The molecule has 1 aromatic heterocycles. The first-order valence-electron chi connectivity index (χ1n) is 8.91. The molecule has 26 heavy (non-hydrogen) atoms. The number of aliphatic imine (C=N–C) groups is 1. The maximum atomic E-state index is 13.5. The van der Waals surface area contributed by atoms with Crippen molar-refractivity contribution < 1.29 is 9.18 Å². The Morgan fingerprint density at radius 3 is 2.69 bits per heavy atom. The predicted octanol–water partition coefficient (Wildman–Crippen LogP) is 4.11. The van der Waals surface area contributed by atoms with Crippen molar-refractivity contribution in [3.05, 3.63) is 45.9 Å². The Balaban J connectivity index is 1.70. The van der Waals surface area contributed by atoms with E-state index in [-0.39, 0.29) is 29.6 Å². The van der Waals surface area contributed by atoms with E-state index in [0.29, 0.717) is 11.5 Å². The molecular weight excluding hydrogens is 349 g/mol. The van der Waals surface area contributed by atoms with Crippen LogP contribution in [-0.4, -0.2) is 23.8 Å². The van der Waals surface area contributed by atoms with Gasteiger partial charge in [0.1, 0.15) is 5.82 Å². The summed E-state index contributed by atoms with van der Waals surface area (Å²) in [7, 11) is 1.70. The van der Waals surface area contributed by atoms with Crippen LogP contribution in [0.2, 0.25) is 0 Å². The highest BCUT2D eigenvalue weighted by atomic mass is 32.1. The Labute approximate surface area is 156 Å². The molecule has 1 aliphatic carbocycles. The van der Waals surface area contributed by atoms with Crippen molar-refractivity contribution in [3.63, 3.8) is 0 Å². The number of hydrogen-bond acceptors (Lipinski definition) is 4. The van der Waals surface area contributed by atoms with Gasteiger partial charge in [-0.15, -0.1) is 11.3 Å². The lowest BCUT2D eigenvalue weighted by Crippen LogP contribution is -2.50. The summed E-state index contributed by atoms with van der Waals surface area (Å²) in [5.41, 5.74) is 8.62. The van der Waals surface area contributed by atoms with E-state index >= 15 is 0 Å². The van der Waals surface area contributed by atoms with Gasteiger partial charge in [-0.1, -0.05) is 12.5 Å². The molecule has 2 heterocycles. The summed E-state index contributed by atoms with van der Waals surface area (Å²) < 4.78 is 13.5. The third kappa shape index (κ3) is 2.82. The Hall–Kier alpha value is -2.21. The van der Waals surface area contributed by atoms with Crippen LogP contribution in [0.3, 0.4) is 0 Å². The molecular formula is C20H22FN3OS. The number of nitrogens with two attached hydrogens (primary N) is 1. The summed E-state index contributed by atoms with van der Waals surface area (Å²) in [4.78, 5) is 20.0. The Morgan fingerprint density at radius 2 is 2.04 bits per heavy atom. The highest BCUT2D eigenvalue weighted by Crippen LogP contribution is 2.46. The lowest BCUT2D eigenvalue weighted by molar-refractivity contribution is -0.135. The van der Waals surface area contributed by atoms with Crippen molar-refractivity contribution in [2.45, 2.75) is 32.2 Å². The SMILES string of the molecule is Cc1cc(-c2csc([C@H]3N=C(N)N(C)C(=O)[C@@H]3C3CCC3)c2)ccc1F. The first-order chi connectivity index (χ1) is 12.5. The van der Waals surface area contributed by atoms with E-state index in [2.05, 4.69) is 11.1 Å². The normalized spacial score (nSPS) is 23.7. The number of rotatable bonds is 3. The van der Waals surface area contributed by atoms with E-state index in [1.165, 1.54) is 17.4 Å². The summed E-state index contributed by atoms with van der Waals surface area (Å²) >= 11 is 1.59. The summed E-state index contributed by atoms with van der Waals surface area (Å²) in [6, 6.07) is 6.98. The maximum absolute atomic E-state index is 13.5. The van der Waals surface area contributed by atoms with Crippen LogP contribution in [-0.2, 0) is 4.79 Å². The second-order valence-electron chi connectivity index (χ2n) is 7.25. The molecule has 1 amide bonds. The largest absolute Gasteiger partial charge is 0.369 e. The minimum Gasteiger partial charge on any atom is -0.369 e. The van der Waals surface area contributed by atoms with Crippen LogP contribution in [0.4, 0.5) is 4.39 Å². The third-order valence-corrected chi connectivity index (χ3v) is 6.63. The molecule has 0 spiro atoms. The number of aryl methyl sites for hydroxylation is 1. The standard InChI is InChI=1S/C20H22FN3OS/c1-11-8-13(6-7-15(11)21)14-9-16(26-10-14)18-17(12-4-3-5-12)19(25)24(2)20(22)23-18/h6-10,12,17-18H,3-5H2,1-2H3,(H2,22,23)/t17-,18-/m1/s1. The summed E-state index contributed by atoms with van der Waals surface area (Å²) in [5, 5.41) is 2.05. The number of amides is 1. The fourth-order valence-electron chi connectivity index (χ4n) is 3.76. The van der Waals surface area contributed by atoms with E-state index in [0.717, 1.165) is 28.8 Å². The van der Waals surface area contributed by atoms with Gasteiger partial charge in [0.05, 0.1) is 12.0 Å². The molecule has 1 aliphatic heterocycles. The third-order valence-electron chi connectivity index (χ3n) is 5.63. The molecule has 1 aromatic carbocycles. The van der Waals surface area contributed by atoms with Gasteiger partial charge in [0.2, 0.25) is 5.91 Å². The van der Waals surface area contributed by atoms with Crippen molar-refractivity contribution in [2.75, 3.05) is 7.05 Å². The quantitative estimate of drug-likeness (QED) is 0.883. The van der Waals surface area contributed by atoms with Gasteiger partial charge in [-0.05, 0) is 66.0 Å². The summed E-state index contributed by atoms with van der Waals surface area (Å²) in [6.07, 6.45) is 3.33. The van der Waals surface area contributed by atoms with E-state index in [1.807, 2.05) is 11.4 Å². The fourth-order valence-corrected chi connectivity index (χ4v) is 4.76. The second kappa shape index (κ2) is 6.50. The zero-order chi connectivity index (χ0) is 18.4. The lowest BCUT2D eigenvalue weighted by Gasteiger charge is -2.40.